The number of carbonyl (C=O) groups excluding carboxylic acids is 1. The highest BCUT2D eigenvalue weighted by molar-refractivity contribution is 7.17. The zero-order valence-corrected chi connectivity index (χ0v) is 17.7. The van der Waals surface area contributed by atoms with E-state index < -0.39 is 0 Å². The van der Waals surface area contributed by atoms with Gasteiger partial charge in [0.2, 0.25) is 0 Å². The molecule has 0 unspecified atom stereocenters. The van der Waals surface area contributed by atoms with E-state index in [-0.39, 0.29) is 5.91 Å². The van der Waals surface area contributed by atoms with Crippen molar-refractivity contribution in [2.75, 3.05) is 40.5 Å². The summed E-state index contributed by atoms with van der Waals surface area (Å²) in [5, 5.41) is 0.483. The Hall–Kier alpha value is -2.91. The summed E-state index contributed by atoms with van der Waals surface area (Å²) in [6.45, 7) is 3.18. The second kappa shape index (κ2) is 7.73. The Bertz CT molecular complexity index is 1100. The number of benzene rings is 1. The Morgan fingerprint density at radius 3 is 2.63 bits per heavy atom. The molecule has 0 spiro atoms. The number of hydrogen-bond acceptors (Lipinski definition) is 7. The lowest BCUT2D eigenvalue weighted by atomic mass is 9.96. The Balaban J connectivity index is 1.53. The van der Waals surface area contributed by atoms with Gasteiger partial charge in [-0.25, -0.2) is 9.97 Å². The standard InChI is InChI=1S/C21H22N4O4S/c1-27-15-9-13-3-4-25-12-23-18(19(25)14(13)10-16(15)28-2)17-11-22-20(30-17)21(26)24-5-7-29-8-6-24/h9-12H,3-8H2,1-2H3. The molecule has 0 atom stereocenters. The quantitative estimate of drug-likeness (QED) is 0.638. The molecule has 1 aromatic carbocycles. The second-order valence-electron chi connectivity index (χ2n) is 7.18. The average molecular weight is 426 g/mol. The van der Waals surface area contributed by atoms with E-state index in [9.17, 15) is 4.79 Å². The van der Waals surface area contributed by atoms with Gasteiger partial charge >= 0.3 is 0 Å². The number of hydrogen-bond donors (Lipinski definition) is 0. The van der Waals surface area contributed by atoms with E-state index in [1.54, 1.807) is 25.3 Å². The average Bonchev–Trinajstić information content (AvgIpc) is 3.45. The van der Waals surface area contributed by atoms with Gasteiger partial charge in [-0.1, -0.05) is 0 Å². The van der Waals surface area contributed by atoms with Crippen LogP contribution in [0.3, 0.4) is 0 Å². The van der Waals surface area contributed by atoms with Crippen molar-refractivity contribution in [3.05, 3.63) is 35.2 Å². The van der Waals surface area contributed by atoms with E-state index in [0.717, 1.165) is 40.5 Å². The molecule has 1 saturated heterocycles. The van der Waals surface area contributed by atoms with Crippen LogP contribution in [0.15, 0.2) is 24.7 Å². The van der Waals surface area contributed by atoms with E-state index in [2.05, 4.69) is 14.5 Å². The van der Waals surface area contributed by atoms with Gasteiger partial charge in [0.1, 0.15) is 5.69 Å². The van der Waals surface area contributed by atoms with E-state index in [0.29, 0.717) is 37.1 Å². The Morgan fingerprint density at radius 1 is 1.10 bits per heavy atom. The van der Waals surface area contributed by atoms with E-state index in [1.165, 1.54) is 16.9 Å². The molecule has 5 rings (SSSR count). The maximum Gasteiger partial charge on any atom is 0.283 e. The fourth-order valence-corrected chi connectivity index (χ4v) is 4.87. The third-order valence-corrected chi connectivity index (χ3v) is 6.54. The van der Waals surface area contributed by atoms with Crippen molar-refractivity contribution < 1.29 is 19.0 Å². The summed E-state index contributed by atoms with van der Waals surface area (Å²) in [5.41, 5.74) is 4.12. The van der Waals surface area contributed by atoms with Gasteiger partial charge in [0, 0.05) is 31.4 Å². The van der Waals surface area contributed by atoms with Gasteiger partial charge in [0.25, 0.3) is 5.91 Å². The van der Waals surface area contributed by atoms with Crippen molar-refractivity contribution in [1.29, 1.82) is 0 Å². The van der Waals surface area contributed by atoms with E-state index >= 15 is 0 Å². The van der Waals surface area contributed by atoms with Gasteiger partial charge in [-0.3, -0.25) is 4.79 Å². The molecule has 4 heterocycles. The summed E-state index contributed by atoms with van der Waals surface area (Å²) in [6, 6.07) is 4.04. The molecular formula is C21H22N4O4S. The number of fused-ring (bicyclic) bond motifs is 3. The molecule has 3 aromatic rings. The number of imidazole rings is 1. The molecule has 0 aliphatic carbocycles. The van der Waals surface area contributed by atoms with Crippen LogP contribution in [0.4, 0.5) is 0 Å². The van der Waals surface area contributed by atoms with Crippen LogP contribution in [-0.4, -0.2) is 65.9 Å². The van der Waals surface area contributed by atoms with Gasteiger partial charge in [0.05, 0.1) is 44.3 Å². The molecule has 156 valence electrons. The lowest BCUT2D eigenvalue weighted by Gasteiger charge is -2.25. The van der Waals surface area contributed by atoms with Gasteiger partial charge in [-0.2, -0.15) is 0 Å². The summed E-state index contributed by atoms with van der Waals surface area (Å²) < 4.78 is 18.5. The van der Waals surface area contributed by atoms with Crippen molar-refractivity contribution in [3.8, 4) is 33.3 Å². The zero-order chi connectivity index (χ0) is 20.7. The number of amides is 1. The molecule has 1 amide bonds. The number of aryl methyl sites for hydroxylation is 2. The number of rotatable bonds is 4. The first-order valence-electron chi connectivity index (χ1n) is 9.83. The topological polar surface area (TPSA) is 78.7 Å². The molecule has 9 heteroatoms. The number of thiazole rings is 1. The van der Waals surface area contributed by atoms with Crippen LogP contribution >= 0.6 is 11.3 Å². The second-order valence-corrected chi connectivity index (χ2v) is 8.21. The van der Waals surface area contributed by atoms with Gasteiger partial charge in [-0.15, -0.1) is 11.3 Å². The Labute approximate surface area is 178 Å². The molecule has 0 saturated carbocycles. The van der Waals surface area contributed by atoms with Gasteiger partial charge in [-0.05, 0) is 24.1 Å². The lowest BCUT2D eigenvalue weighted by Crippen LogP contribution is -2.40. The molecule has 0 bridgehead atoms. The molecule has 1 fully saturated rings. The predicted octanol–water partition coefficient (Wildman–Crippen LogP) is 2.72. The van der Waals surface area contributed by atoms with Crippen molar-refractivity contribution >= 4 is 17.2 Å². The van der Waals surface area contributed by atoms with Crippen molar-refractivity contribution in [1.82, 2.24) is 19.4 Å². The number of nitrogens with zero attached hydrogens (tertiary/aromatic N) is 4. The number of morpholine rings is 1. The maximum absolute atomic E-state index is 12.8. The van der Waals surface area contributed by atoms with E-state index in [1.807, 2.05) is 18.5 Å². The summed E-state index contributed by atoms with van der Waals surface area (Å²) in [4.78, 5) is 24.5. The van der Waals surface area contributed by atoms with Gasteiger partial charge < -0.3 is 23.7 Å². The van der Waals surface area contributed by atoms with E-state index in [4.69, 9.17) is 14.2 Å². The number of ether oxygens (including phenoxy) is 3. The smallest absolute Gasteiger partial charge is 0.283 e. The van der Waals surface area contributed by atoms with Crippen molar-refractivity contribution in [3.63, 3.8) is 0 Å². The normalized spacial score (nSPS) is 15.5. The number of carbonyl (C=O) groups is 1. The SMILES string of the molecule is COc1cc2c(cc1OC)-c1c(-c3cnc(C(=O)N4CCOCC4)s3)ncn1CC2. The highest BCUT2D eigenvalue weighted by atomic mass is 32.1. The molecule has 30 heavy (non-hydrogen) atoms. The molecule has 8 nitrogen and oxygen atoms in total. The summed E-state index contributed by atoms with van der Waals surface area (Å²) in [7, 11) is 3.28. The summed E-state index contributed by atoms with van der Waals surface area (Å²) >= 11 is 1.38. The van der Waals surface area contributed by atoms with Crippen molar-refractivity contribution in [2.24, 2.45) is 0 Å². The minimum Gasteiger partial charge on any atom is -0.493 e. The van der Waals surface area contributed by atoms with Gasteiger partial charge in [0.15, 0.2) is 16.5 Å². The monoisotopic (exact) mass is 426 g/mol. The summed E-state index contributed by atoms with van der Waals surface area (Å²) in [6.07, 6.45) is 4.49. The molecule has 2 aromatic heterocycles. The predicted molar refractivity (Wildman–Crippen MR) is 112 cm³/mol. The first kappa shape index (κ1) is 19.1. The third-order valence-electron chi connectivity index (χ3n) is 5.54. The van der Waals surface area contributed by atoms with Crippen LogP contribution in [0.5, 0.6) is 11.5 Å². The first-order valence-corrected chi connectivity index (χ1v) is 10.6. The zero-order valence-electron chi connectivity index (χ0n) is 16.9. The molecule has 2 aliphatic heterocycles. The molecule has 2 aliphatic rings. The largest absolute Gasteiger partial charge is 0.493 e. The third kappa shape index (κ3) is 3.14. The van der Waals surface area contributed by atoms with Crippen LogP contribution < -0.4 is 9.47 Å². The number of aromatic nitrogens is 3. The minimum absolute atomic E-state index is 0.0468. The fraction of sp³-hybridized carbons (Fsp3) is 0.381. The molecule has 0 radical (unpaired) electrons. The Kier molecular flexibility index (Phi) is 4.92. The minimum atomic E-state index is -0.0468. The first-order chi connectivity index (χ1) is 14.7. The lowest BCUT2D eigenvalue weighted by molar-refractivity contribution is 0.0302. The van der Waals surface area contributed by atoms with Crippen LogP contribution in [0.2, 0.25) is 0 Å². The fourth-order valence-electron chi connectivity index (χ4n) is 3.99. The van der Waals surface area contributed by atoms with Crippen LogP contribution in [0.1, 0.15) is 15.4 Å². The Morgan fingerprint density at radius 2 is 1.87 bits per heavy atom. The highest BCUT2D eigenvalue weighted by Crippen LogP contribution is 2.43. The van der Waals surface area contributed by atoms with Crippen molar-refractivity contribution in [2.45, 2.75) is 13.0 Å². The number of methoxy groups -OCH3 is 2. The maximum atomic E-state index is 12.8. The molecular weight excluding hydrogens is 404 g/mol. The van der Waals surface area contributed by atoms with Crippen LogP contribution in [-0.2, 0) is 17.7 Å². The van der Waals surface area contributed by atoms with Crippen LogP contribution in [0, 0.1) is 0 Å². The summed E-state index contributed by atoms with van der Waals surface area (Å²) in [5.74, 6) is 1.36. The van der Waals surface area contributed by atoms with Crippen LogP contribution in [0.25, 0.3) is 21.8 Å². The highest BCUT2D eigenvalue weighted by Gasteiger charge is 2.27. The molecule has 0 N–H and O–H groups in total.